The predicted molar refractivity (Wildman–Crippen MR) is 126 cm³/mol. The van der Waals surface area contributed by atoms with Crippen molar-refractivity contribution in [1.82, 2.24) is 14.5 Å². The van der Waals surface area contributed by atoms with Crippen LogP contribution in [0.4, 0.5) is 5.69 Å². The SMILES string of the molecule is COC(=O)c1[nH]c2ccc(C)cc2c1NC(=O)[C@@H](C)N1C[C@@H]2C[C@H](C1)c1cccc(=O)n1C2. The van der Waals surface area contributed by atoms with Gasteiger partial charge in [-0.2, -0.15) is 0 Å². The Labute approximate surface area is 191 Å². The van der Waals surface area contributed by atoms with E-state index in [9.17, 15) is 14.4 Å². The Morgan fingerprint density at radius 1 is 1.18 bits per heavy atom. The number of likely N-dealkylation sites (tertiary alicyclic amines) is 1. The lowest BCUT2D eigenvalue weighted by atomic mass is 9.82. The van der Waals surface area contributed by atoms with Gasteiger partial charge in [-0.25, -0.2) is 4.79 Å². The van der Waals surface area contributed by atoms with Gasteiger partial charge in [-0.05, 0) is 44.4 Å². The summed E-state index contributed by atoms with van der Waals surface area (Å²) in [5, 5.41) is 3.78. The van der Waals surface area contributed by atoms with E-state index in [0.717, 1.165) is 35.1 Å². The number of piperidine rings is 1. The highest BCUT2D eigenvalue weighted by Crippen LogP contribution is 2.36. The van der Waals surface area contributed by atoms with E-state index in [4.69, 9.17) is 4.74 Å². The van der Waals surface area contributed by atoms with Gasteiger partial charge in [-0.1, -0.05) is 17.7 Å². The fraction of sp³-hybridized carbons (Fsp3) is 0.400. The number of rotatable bonds is 4. The number of hydrogen-bond donors (Lipinski definition) is 2. The van der Waals surface area contributed by atoms with Crippen LogP contribution >= 0.6 is 0 Å². The monoisotopic (exact) mass is 448 g/mol. The number of nitrogens with one attached hydrogen (secondary N) is 2. The van der Waals surface area contributed by atoms with Gasteiger partial charge in [0.2, 0.25) is 5.91 Å². The Morgan fingerprint density at radius 2 is 2.00 bits per heavy atom. The van der Waals surface area contributed by atoms with Crippen LogP contribution in [0.2, 0.25) is 0 Å². The standard InChI is InChI=1S/C25H28N4O4/c1-14-7-8-19-18(9-14)22(23(26-19)25(32)33-3)27-24(31)15(2)28-11-16-10-17(13-28)20-5-4-6-21(30)29(20)12-16/h4-9,15-17,26H,10-13H2,1-3H3,(H,27,31)/t15-,16+,17-/m1/s1. The lowest BCUT2D eigenvalue weighted by Crippen LogP contribution is -2.52. The summed E-state index contributed by atoms with van der Waals surface area (Å²) in [6.45, 7) is 6.01. The summed E-state index contributed by atoms with van der Waals surface area (Å²) < 4.78 is 6.82. The number of fused-ring (bicyclic) bond motifs is 5. The Bertz CT molecular complexity index is 1310. The molecule has 0 unspecified atom stereocenters. The third-order valence-electron chi connectivity index (χ3n) is 7.03. The lowest BCUT2D eigenvalue weighted by molar-refractivity contribution is -0.121. The van der Waals surface area contributed by atoms with E-state index in [1.807, 2.05) is 48.7 Å². The van der Waals surface area contributed by atoms with Crippen LogP contribution in [0.5, 0.6) is 0 Å². The molecule has 0 spiro atoms. The molecule has 1 fully saturated rings. The highest BCUT2D eigenvalue weighted by Gasteiger charge is 2.37. The van der Waals surface area contributed by atoms with E-state index in [1.165, 1.54) is 7.11 Å². The number of H-pyrrole nitrogens is 1. The number of aromatic amines is 1. The molecule has 8 nitrogen and oxygen atoms in total. The second-order valence-corrected chi connectivity index (χ2v) is 9.23. The minimum Gasteiger partial charge on any atom is -0.464 e. The van der Waals surface area contributed by atoms with E-state index in [-0.39, 0.29) is 23.1 Å². The highest BCUT2D eigenvalue weighted by molar-refractivity contribution is 6.11. The third kappa shape index (κ3) is 3.74. The summed E-state index contributed by atoms with van der Waals surface area (Å²) in [5.74, 6) is -0.148. The molecule has 3 aromatic rings. The summed E-state index contributed by atoms with van der Waals surface area (Å²) in [6.07, 6.45) is 1.03. The molecule has 4 heterocycles. The zero-order chi connectivity index (χ0) is 23.3. The summed E-state index contributed by atoms with van der Waals surface area (Å²) >= 11 is 0. The van der Waals surface area contributed by atoms with Crippen molar-refractivity contribution in [3.05, 3.63) is 63.7 Å². The van der Waals surface area contributed by atoms with Crippen molar-refractivity contribution in [2.45, 2.75) is 38.8 Å². The van der Waals surface area contributed by atoms with Crippen molar-refractivity contribution in [2.24, 2.45) is 5.92 Å². The minimum atomic E-state index is -0.527. The number of carbonyl (C=O) groups excluding carboxylic acids is 2. The molecule has 8 heteroatoms. The number of amides is 1. The molecule has 0 radical (unpaired) electrons. The van der Waals surface area contributed by atoms with E-state index in [1.54, 1.807) is 6.07 Å². The van der Waals surface area contributed by atoms with Crippen LogP contribution < -0.4 is 10.9 Å². The van der Waals surface area contributed by atoms with Gasteiger partial charge in [0.1, 0.15) is 5.69 Å². The van der Waals surface area contributed by atoms with Crippen molar-refractivity contribution in [3.63, 3.8) is 0 Å². The molecule has 0 aliphatic carbocycles. The third-order valence-corrected chi connectivity index (χ3v) is 7.03. The average molecular weight is 449 g/mol. The number of benzene rings is 1. The van der Waals surface area contributed by atoms with Crippen molar-refractivity contribution in [1.29, 1.82) is 0 Å². The first-order valence-electron chi connectivity index (χ1n) is 11.3. The second-order valence-electron chi connectivity index (χ2n) is 9.23. The molecule has 33 heavy (non-hydrogen) atoms. The number of ether oxygens (including phenoxy) is 1. The fourth-order valence-electron chi connectivity index (χ4n) is 5.33. The topological polar surface area (TPSA) is 96.4 Å². The van der Waals surface area contributed by atoms with Gasteiger partial charge in [-0.3, -0.25) is 14.5 Å². The minimum absolute atomic E-state index is 0.0476. The molecule has 1 aromatic carbocycles. The Morgan fingerprint density at radius 3 is 2.79 bits per heavy atom. The molecule has 2 aliphatic rings. The van der Waals surface area contributed by atoms with Gasteiger partial charge in [0.25, 0.3) is 5.56 Å². The number of hydrogen-bond acceptors (Lipinski definition) is 5. The molecule has 172 valence electrons. The van der Waals surface area contributed by atoms with Crippen LogP contribution in [0.15, 0.2) is 41.2 Å². The second kappa shape index (κ2) is 8.19. The first kappa shape index (κ1) is 21.5. The van der Waals surface area contributed by atoms with E-state index in [2.05, 4.69) is 15.2 Å². The maximum absolute atomic E-state index is 13.3. The number of nitrogens with zero attached hydrogens (tertiary/aromatic N) is 2. The molecule has 5 rings (SSSR count). The van der Waals surface area contributed by atoms with Gasteiger partial charge in [0.05, 0.1) is 18.8 Å². The number of carbonyl (C=O) groups is 2. The summed E-state index contributed by atoms with van der Waals surface area (Å²) in [5.41, 5.74) is 3.58. The molecular formula is C25H28N4O4. The molecule has 2 aromatic heterocycles. The number of pyridine rings is 1. The largest absolute Gasteiger partial charge is 0.464 e. The zero-order valence-corrected chi connectivity index (χ0v) is 19.1. The molecule has 2 N–H and O–H groups in total. The van der Waals surface area contributed by atoms with Crippen molar-refractivity contribution >= 4 is 28.5 Å². The molecular weight excluding hydrogens is 420 g/mol. The van der Waals surface area contributed by atoms with Gasteiger partial charge in [0, 0.05) is 48.2 Å². The summed E-state index contributed by atoms with van der Waals surface area (Å²) in [7, 11) is 1.32. The lowest BCUT2D eigenvalue weighted by Gasteiger charge is -2.44. The van der Waals surface area contributed by atoms with Crippen LogP contribution in [-0.2, 0) is 16.1 Å². The quantitative estimate of drug-likeness (QED) is 0.599. The zero-order valence-electron chi connectivity index (χ0n) is 19.1. The Kier molecular flexibility index (Phi) is 5.32. The first-order valence-corrected chi connectivity index (χ1v) is 11.3. The predicted octanol–water partition coefficient (Wildman–Crippen LogP) is 2.87. The number of esters is 1. The summed E-state index contributed by atoms with van der Waals surface area (Å²) in [4.78, 5) is 43.3. The number of aryl methyl sites for hydroxylation is 1. The maximum atomic E-state index is 13.3. The van der Waals surface area contributed by atoms with E-state index < -0.39 is 12.0 Å². The number of methoxy groups -OCH3 is 1. The van der Waals surface area contributed by atoms with E-state index in [0.29, 0.717) is 24.7 Å². The van der Waals surface area contributed by atoms with Gasteiger partial charge < -0.3 is 19.6 Å². The van der Waals surface area contributed by atoms with Crippen LogP contribution in [-0.4, -0.2) is 52.6 Å². The van der Waals surface area contributed by atoms with Crippen molar-refractivity contribution in [3.8, 4) is 0 Å². The van der Waals surface area contributed by atoms with Gasteiger partial charge in [-0.15, -0.1) is 0 Å². The fourth-order valence-corrected chi connectivity index (χ4v) is 5.33. The van der Waals surface area contributed by atoms with Crippen LogP contribution in [0.3, 0.4) is 0 Å². The normalized spacial score (nSPS) is 20.8. The smallest absolute Gasteiger partial charge is 0.356 e. The molecule has 2 aliphatic heterocycles. The first-order chi connectivity index (χ1) is 15.9. The molecule has 1 amide bonds. The van der Waals surface area contributed by atoms with Crippen LogP contribution in [0.25, 0.3) is 10.9 Å². The van der Waals surface area contributed by atoms with Gasteiger partial charge >= 0.3 is 5.97 Å². The van der Waals surface area contributed by atoms with Crippen molar-refractivity contribution in [2.75, 3.05) is 25.5 Å². The Balaban J connectivity index is 1.40. The molecule has 3 atom stereocenters. The average Bonchev–Trinajstić information content (AvgIpc) is 3.16. The van der Waals surface area contributed by atoms with Crippen molar-refractivity contribution < 1.29 is 14.3 Å². The maximum Gasteiger partial charge on any atom is 0.356 e. The highest BCUT2D eigenvalue weighted by atomic mass is 16.5. The van der Waals surface area contributed by atoms with Crippen LogP contribution in [0.1, 0.15) is 41.0 Å². The molecule has 1 saturated heterocycles. The summed E-state index contributed by atoms with van der Waals surface area (Å²) in [6, 6.07) is 10.8. The van der Waals surface area contributed by atoms with E-state index >= 15 is 0 Å². The van der Waals surface area contributed by atoms with Crippen LogP contribution in [0, 0.1) is 12.8 Å². The molecule has 2 bridgehead atoms. The number of aromatic nitrogens is 2. The molecule has 0 saturated carbocycles. The van der Waals surface area contributed by atoms with Gasteiger partial charge in [0.15, 0.2) is 0 Å². The Hall–Kier alpha value is -3.39. The number of anilines is 1.